The Morgan fingerprint density at radius 1 is 1.29 bits per heavy atom. The summed E-state index contributed by atoms with van der Waals surface area (Å²) in [5, 5.41) is 4.84. The molecule has 10 heteroatoms. The largest absolute Gasteiger partial charge is 0.389 e. The molecule has 7 nitrogen and oxygen atoms in total. The minimum atomic E-state index is -3.72. The third kappa shape index (κ3) is 5.67. The van der Waals surface area contributed by atoms with Crippen LogP contribution in [0.3, 0.4) is 0 Å². The minimum absolute atomic E-state index is 0.0186. The van der Waals surface area contributed by atoms with Crippen LogP contribution in [0.1, 0.15) is 17.5 Å². The summed E-state index contributed by atoms with van der Waals surface area (Å²) in [6.45, 7) is 1.61. The first-order valence-corrected chi connectivity index (χ1v) is 9.54. The monoisotopic (exact) mass is 351 g/mol. The van der Waals surface area contributed by atoms with Crippen molar-refractivity contribution in [3.05, 3.63) is 29.3 Å². The molecule has 21 heavy (non-hydrogen) atoms. The quantitative estimate of drug-likeness (QED) is 0.452. The van der Waals surface area contributed by atoms with Gasteiger partial charge in [0.1, 0.15) is 4.99 Å². The van der Waals surface area contributed by atoms with E-state index in [2.05, 4.69) is 4.72 Å². The van der Waals surface area contributed by atoms with Crippen molar-refractivity contribution in [2.75, 3.05) is 12.3 Å². The highest BCUT2D eigenvalue weighted by atomic mass is 32.2. The van der Waals surface area contributed by atoms with Crippen molar-refractivity contribution in [3.8, 4) is 0 Å². The van der Waals surface area contributed by atoms with Crippen LogP contribution in [0, 0.1) is 6.92 Å². The lowest BCUT2D eigenvalue weighted by atomic mass is 10.1. The molecular weight excluding hydrogens is 334 g/mol. The van der Waals surface area contributed by atoms with Crippen LogP contribution >= 0.6 is 12.2 Å². The lowest BCUT2D eigenvalue weighted by Crippen LogP contribution is -2.28. The number of aryl methyl sites for hydroxylation is 1. The number of thiocarbonyl (C=S) groups is 1. The van der Waals surface area contributed by atoms with Gasteiger partial charge in [0, 0.05) is 12.1 Å². The molecule has 1 rings (SSSR count). The molecule has 0 fully saturated rings. The number of sulfonamides is 2. The number of hydrogen-bond donors (Lipinski definition) is 3. The maximum atomic E-state index is 12.1. The van der Waals surface area contributed by atoms with Gasteiger partial charge in [-0.15, -0.1) is 0 Å². The fraction of sp³-hybridized carbons (Fsp3) is 0.364. The molecule has 1 aromatic carbocycles. The average Bonchev–Trinajstić information content (AvgIpc) is 2.33. The third-order valence-electron chi connectivity index (χ3n) is 2.65. The zero-order valence-corrected chi connectivity index (χ0v) is 13.8. The van der Waals surface area contributed by atoms with Crippen LogP contribution in [0.15, 0.2) is 23.1 Å². The molecule has 0 atom stereocenters. The summed E-state index contributed by atoms with van der Waals surface area (Å²) >= 11 is 4.82. The second-order valence-electron chi connectivity index (χ2n) is 4.46. The van der Waals surface area contributed by atoms with Gasteiger partial charge in [-0.1, -0.05) is 18.3 Å². The van der Waals surface area contributed by atoms with E-state index in [1.54, 1.807) is 13.0 Å². The average molecular weight is 351 g/mol. The van der Waals surface area contributed by atoms with Crippen LogP contribution in [0.2, 0.25) is 0 Å². The summed E-state index contributed by atoms with van der Waals surface area (Å²) in [4.78, 5) is 0.279. The van der Waals surface area contributed by atoms with Crippen LogP contribution in [0.5, 0.6) is 0 Å². The Hall–Kier alpha value is -1.07. The molecule has 0 aliphatic rings. The standard InChI is InChI=1S/C11H17N3O4S3/c1-8-7-9(11(12)19)3-4-10(8)21(17,18)14-5-2-6-20(13,15)16/h3-4,7,14H,2,5-6H2,1H3,(H2,12,19)(H2,13,15,16). The summed E-state index contributed by atoms with van der Waals surface area (Å²) in [5.41, 5.74) is 6.56. The van der Waals surface area contributed by atoms with Gasteiger partial charge in [0.25, 0.3) is 0 Å². The van der Waals surface area contributed by atoms with Gasteiger partial charge in [-0.05, 0) is 31.0 Å². The highest BCUT2D eigenvalue weighted by Gasteiger charge is 2.17. The van der Waals surface area contributed by atoms with Crippen LogP contribution in [0.25, 0.3) is 0 Å². The molecule has 0 unspecified atom stereocenters. The molecule has 1 aromatic rings. The van der Waals surface area contributed by atoms with Crippen molar-refractivity contribution in [1.29, 1.82) is 0 Å². The van der Waals surface area contributed by atoms with E-state index in [9.17, 15) is 16.8 Å². The summed E-state index contributed by atoms with van der Waals surface area (Å²) < 4.78 is 48.0. The molecule has 0 spiro atoms. The summed E-state index contributed by atoms with van der Waals surface area (Å²) in [6, 6.07) is 4.52. The molecule has 118 valence electrons. The van der Waals surface area contributed by atoms with Crippen LogP contribution in [-0.4, -0.2) is 34.1 Å². The third-order valence-corrected chi connectivity index (χ3v) is 5.36. The lowest BCUT2D eigenvalue weighted by molar-refractivity contribution is 0.576. The van der Waals surface area contributed by atoms with Crippen LogP contribution in [-0.2, 0) is 20.0 Å². The Bertz CT molecular complexity index is 742. The minimum Gasteiger partial charge on any atom is -0.389 e. The number of nitrogens with two attached hydrogens (primary N) is 2. The fourth-order valence-electron chi connectivity index (χ4n) is 1.66. The van der Waals surface area contributed by atoms with E-state index < -0.39 is 20.0 Å². The highest BCUT2D eigenvalue weighted by molar-refractivity contribution is 7.89. The molecule has 0 heterocycles. The van der Waals surface area contributed by atoms with Crippen molar-refractivity contribution in [3.63, 3.8) is 0 Å². The summed E-state index contributed by atoms with van der Waals surface area (Å²) in [7, 11) is -7.31. The smallest absolute Gasteiger partial charge is 0.240 e. The first kappa shape index (κ1) is 18.0. The molecule has 0 aromatic heterocycles. The molecule has 0 radical (unpaired) electrons. The van der Waals surface area contributed by atoms with Gasteiger partial charge in [-0.3, -0.25) is 0 Å². The van der Waals surface area contributed by atoms with Gasteiger partial charge in [0.2, 0.25) is 20.0 Å². The molecule has 0 bridgehead atoms. The first-order valence-electron chi connectivity index (χ1n) is 5.93. The number of primary sulfonamides is 1. The van der Waals surface area contributed by atoms with Gasteiger partial charge in [-0.2, -0.15) is 0 Å². The summed E-state index contributed by atoms with van der Waals surface area (Å²) in [5.74, 6) is -0.283. The van der Waals surface area contributed by atoms with E-state index in [-0.39, 0.29) is 28.6 Å². The van der Waals surface area contributed by atoms with Crippen molar-refractivity contribution in [2.24, 2.45) is 10.9 Å². The van der Waals surface area contributed by atoms with E-state index >= 15 is 0 Å². The van der Waals surface area contributed by atoms with E-state index in [1.165, 1.54) is 12.1 Å². The maximum absolute atomic E-state index is 12.1. The maximum Gasteiger partial charge on any atom is 0.240 e. The Morgan fingerprint density at radius 3 is 2.38 bits per heavy atom. The Kier molecular flexibility index (Phi) is 5.82. The number of rotatable bonds is 7. The Balaban J connectivity index is 2.81. The fourth-order valence-corrected chi connectivity index (χ4v) is 3.63. The molecule has 0 aliphatic carbocycles. The topological polar surface area (TPSA) is 132 Å². The van der Waals surface area contributed by atoms with E-state index in [0.717, 1.165) is 0 Å². The Morgan fingerprint density at radius 2 is 1.90 bits per heavy atom. The van der Waals surface area contributed by atoms with Crippen molar-refractivity contribution >= 4 is 37.3 Å². The second kappa shape index (κ2) is 6.79. The SMILES string of the molecule is Cc1cc(C(N)=S)ccc1S(=O)(=O)NCCCS(N)(=O)=O. The van der Waals surface area contributed by atoms with Crippen molar-refractivity contribution < 1.29 is 16.8 Å². The molecule has 0 saturated heterocycles. The van der Waals surface area contributed by atoms with Gasteiger partial charge >= 0.3 is 0 Å². The molecule has 5 N–H and O–H groups in total. The highest BCUT2D eigenvalue weighted by Crippen LogP contribution is 2.16. The number of benzene rings is 1. The molecule has 0 amide bonds. The normalized spacial score (nSPS) is 12.3. The van der Waals surface area contributed by atoms with E-state index in [4.69, 9.17) is 23.1 Å². The molecular formula is C11H17N3O4S3. The predicted molar refractivity (Wildman–Crippen MR) is 84.8 cm³/mol. The number of nitrogens with one attached hydrogen (secondary N) is 1. The first-order chi connectivity index (χ1) is 9.53. The van der Waals surface area contributed by atoms with Crippen molar-refractivity contribution in [2.45, 2.75) is 18.2 Å². The zero-order chi connectivity index (χ0) is 16.3. The van der Waals surface area contributed by atoms with Crippen LogP contribution < -0.4 is 15.6 Å². The molecule has 0 saturated carbocycles. The van der Waals surface area contributed by atoms with Crippen molar-refractivity contribution in [1.82, 2.24) is 4.72 Å². The van der Waals surface area contributed by atoms with Gasteiger partial charge in [0.05, 0.1) is 10.6 Å². The van der Waals surface area contributed by atoms with Crippen LogP contribution in [0.4, 0.5) is 0 Å². The second-order valence-corrected chi connectivity index (χ2v) is 8.37. The predicted octanol–water partition coefficient (Wildman–Crippen LogP) is -0.414. The van der Waals surface area contributed by atoms with Gasteiger partial charge in [0.15, 0.2) is 0 Å². The van der Waals surface area contributed by atoms with E-state index in [0.29, 0.717) is 11.1 Å². The molecule has 0 aliphatic heterocycles. The van der Waals surface area contributed by atoms with Gasteiger partial charge in [-0.25, -0.2) is 26.7 Å². The van der Waals surface area contributed by atoms with E-state index in [1.807, 2.05) is 0 Å². The lowest BCUT2D eigenvalue weighted by Gasteiger charge is -2.10. The zero-order valence-electron chi connectivity index (χ0n) is 11.4. The Labute approximate surface area is 129 Å². The van der Waals surface area contributed by atoms with Gasteiger partial charge < -0.3 is 5.73 Å². The number of hydrogen-bond acceptors (Lipinski definition) is 5. The summed E-state index contributed by atoms with van der Waals surface area (Å²) in [6.07, 6.45) is 0.0993.